The number of ether oxygens (including phenoxy) is 4. The van der Waals surface area contributed by atoms with Gasteiger partial charge in [0.15, 0.2) is 6.29 Å². The Kier molecular flexibility index (Phi) is 5.56. The second kappa shape index (κ2) is 6.73. The summed E-state index contributed by atoms with van der Waals surface area (Å²) in [6, 6.07) is 1.78. The Morgan fingerprint density at radius 2 is 1.87 bits per heavy atom. The number of rotatable bonds is 7. The van der Waals surface area contributed by atoms with Gasteiger partial charge < -0.3 is 18.9 Å². The van der Waals surface area contributed by atoms with Gasteiger partial charge in [0.2, 0.25) is 12.2 Å². The third-order valence-corrected chi connectivity index (χ3v) is 2.38. The minimum atomic E-state index is -0.419. The highest BCUT2D eigenvalue weighted by molar-refractivity contribution is 7.03. The van der Waals surface area contributed by atoms with E-state index in [9.17, 15) is 0 Å². The van der Waals surface area contributed by atoms with Crippen LogP contribution >= 0.6 is 11.5 Å². The van der Waals surface area contributed by atoms with E-state index in [2.05, 4.69) is 4.37 Å². The average molecular weight is 233 g/mol. The van der Waals surface area contributed by atoms with E-state index in [1.54, 1.807) is 27.4 Å². The van der Waals surface area contributed by atoms with E-state index in [4.69, 9.17) is 18.9 Å². The van der Waals surface area contributed by atoms with Crippen molar-refractivity contribution in [2.45, 2.75) is 19.0 Å². The molecule has 5 nitrogen and oxygen atoms in total. The summed E-state index contributed by atoms with van der Waals surface area (Å²) in [5.41, 5.74) is 0. The first-order valence-corrected chi connectivity index (χ1v) is 5.29. The van der Waals surface area contributed by atoms with E-state index in [-0.39, 0.29) is 6.29 Å². The van der Waals surface area contributed by atoms with Crippen molar-refractivity contribution in [3.63, 3.8) is 0 Å². The van der Waals surface area contributed by atoms with E-state index in [1.807, 2.05) is 5.38 Å². The molecule has 6 heteroatoms. The van der Waals surface area contributed by atoms with Crippen LogP contribution in [0.25, 0.3) is 0 Å². The van der Waals surface area contributed by atoms with Gasteiger partial charge in [-0.25, -0.2) is 0 Å². The molecule has 0 aromatic carbocycles. The molecule has 0 spiro atoms. The summed E-state index contributed by atoms with van der Waals surface area (Å²) in [7, 11) is 4.72. The molecular formula is C9H15NO4S. The molecule has 0 aliphatic heterocycles. The molecule has 0 fully saturated rings. The van der Waals surface area contributed by atoms with Crippen molar-refractivity contribution < 1.29 is 18.9 Å². The Bertz CT molecular complexity index is 251. The van der Waals surface area contributed by atoms with Crippen molar-refractivity contribution >= 4 is 11.5 Å². The van der Waals surface area contributed by atoms with Crippen LogP contribution in [-0.2, 0) is 14.2 Å². The quantitative estimate of drug-likeness (QED) is 0.668. The summed E-state index contributed by atoms with van der Waals surface area (Å²) in [6.07, 6.45) is -0.272. The first-order valence-electron chi connectivity index (χ1n) is 4.45. The Morgan fingerprint density at radius 1 is 1.20 bits per heavy atom. The molecule has 86 valence electrons. The second-order valence-electron chi connectivity index (χ2n) is 2.76. The maximum absolute atomic E-state index is 5.45. The van der Waals surface area contributed by atoms with Gasteiger partial charge in [-0.15, -0.1) is 0 Å². The maximum atomic E-state index is 5.45. The highest BCUT2D eigenvalue weighted by Gasteiger charge is 2.17. The van der Waals surface area contributed by atoms with Crippen molar-refractivity contribution in [3.05, 3.63) is 11.4 Å². The topological polar surface area (TPSA) is 49.8 Å². The Balaban J connectivity index is 2.42. The minimum absolute atomic E-state index is 0.339. The molecule has 1 aromatic heterocycles. The fourth-order valence-electron chi connectivity index (χ4n) is 1.04. The van der Waals surface area contributed by atoms with E-state index in [0.717, 1.165) is 0 Å². The number of methoxy groups -OCH3 is 3. The van der Waals surface area contributed by atoms with Gasteiger partial charge in [0.05, 0.1) is 6.42 Å². The SMILES string of the molecule is COC(CC(OC)Oc1ccsn1)OC. The molecule has 1 unspecified atom stereocenters. The molecule has 0 aliphatic carbocycles. The zero-order chi connectivity index (χ0) is 11.1. The van der Waals surface area contributed by atoms with Crippen LogP contribution in [0.5, 0.6) is 5.88 Å². The maximum Gasteiger partial charge on any atom is 0.227 e. The van der Waals surface area contributed by atoms with Gasteiger partial charge in [0, 0.05) is 32.8 Å². The Hall–Kier alpha value is -0.690. The first kappa shape index (κ1) is 12.4. The van der Waals surface area contributed by atoms with Gasteiger partial charge in [0.1, 0.15) is 0 Å². The standard InChI is InChI=1S/C9H15NO4S/c1-11-8(12-2)6-9(13-3)14-7-4-5-15-10-7/h4-5,8-9H,6H2,1-3H3. The summed E-state index contributed by atoms with van der Waals surface area (Å²) < 4.78 is 24.7. The Labute approximate surface area is 93.1 Å². The molecule has 0 aliphatic rings. The van der Waals surface area contributed by atoms with Crippen molar-refractivity contribution in [3.8, 4) is 5.88 Å². The lowest BCUT2D eigenvalue weighted by Crippen LogP contribution is -2.27. The van der Waals surface area contributed by atoms with E-state index in [1.165, 1.54) is 11.5 Å². The van der Waals surface area contributed by atoms with Gasteiger partial charge in [0.25, 0.3) is 0 Å². The predicted molar refractivity (Wildman–Crippen MR) is 56.0 cm³/mol. The van der Waals surface area contributed by atoms with Gasteiger partial charge in [-0.05, 0) is 11.5 Å². The summed E-state index contributed by atoms with van der Waals surface area (Å²) in [6.45, 7) is 0. The van der Waals surface area contributed by atoms with Gasteiger partial charge in [-0.2, -0.15) is 4.37 Å². The van der Waals surface area contributed by atoms with Crippen LogP contribution in [0.3, 0.4) is 0 Å². The van der Waals surface area contributed by atoms with Gasteiger partial charge >= 0.3 is 0 Å². The van der Waals surface area contributed by atoms with Gasteiger partial charge in [-0.1, -0.05) is 0 Å². The molecule has 0 saturated carbocycles. The molecule has 1 rings (SSSR count). The van der Waals surface area contributed by atoms with E-state index in [0.29, 0.717) is 12.3 Å². The smallest absolute Gasteiger partial charge is 0.227 e. The third-order valence-electron chi connectivity index (χ3n) is 1.84. The zero-order valence-corrected chi connectivity index (χ0v) is 9.82. The average Bonchev–Trinajstić information content (AvgIpc) is 2.76. The van der Waals surface area contributed by atoms with Crippen molar-refractivity contribution in [2.24, 2.45) is 0 Å². The molecular weight excluding hydrogens is 218 g/mol. The second-order valence-corrected chi connectivity index (χ2v) is 3.42. The molecule has 0 saturated heterocycles. The largest absolute Gasteiger partial charge is 0.447 e. The van der Waals surface area contributed by atoms with Crippen LogP contribution < -0.4 is 4.74 Å². The molecule has 1 aromatic rings. The molecule has 0 amide bonds. The van der Waals surface area contributed by atoms with Crippen LogP contribution in [-0.4, -0.2) is 38.3 Å². The summed E-state index contributed by atoms with van der Waals surface area (Å²) in [5, 5.41) is 1.84. The highest BCUT2D eigenvalue weighted by atomic mass is 32.1. The zero-order valence-electron chi connectivity index (χ0n) is 9.00. The third kappa shape index (κ3) is 4.13. The van der Waals surface area contributed by atoms with Crippen molar-refractivity contribution in [1.82, 2.24) is 4.37 Å². The molecule has 0 N–H and O–H groups in total. The van der Waals surface area contributed by atoms with Crippen LogP contribution in [0.15, 0.2) is 11.4 Å². The van der Waals surface area contributed by atoms with Crippen molar-refractivity contribution in [2.75, 3.05) is 21.3 Å². The summed E-state index contributed by atoms with van der Waals surface area (Å²) in [5.74, 6) is 0.554. The summed E-state index contributed by atoms with van der Waals surface area (Å²) in [4.78, 5) is 0. The van der Waals surface area contributed by atoms with Crippen LogP contribution in [0.2, 0.25) is 0 Å². The molecule has 1 atom stereocenters. The fraction of sp³-hybridized carbons (Fsp3) is 0.667. The normalized spacial score (nSPS) is 13.1. The lowest BCUT2D eigenvalue weighted by atomic mass is 10.4. The van der Waals surface area contributed by atoms with E-state index >= 15 is 0 Å². The fourth-order valence-corrected chi connectivity index (χ4v) is 1.48. The highest BCUT2D eigenvalue weighted by Crippen LogP contribution is 2.14. The molecule has 15 heavy (non-hydrogen) atoms. The monoisotopic (exact) mass is 233 g/mol. The number of nitrogens with zero attached hydrogens (tertiary/aromatic N) is 1. The Morgan fingerprint density at radius 3 is 2.33 bits per heavy atom. The first-order chi connectivity index (χ1) is 7.30. The van der Waals surface area contributed by atoms with Gasteiger partial charge in [-0.3, -0.25) is 0 Å². The summed E-state index contributed by atoms with van der Waals surface area (Å²) >= 11 is 1.33. The number of hydrogen-bond donors (Lipinski definition) is 0. The lowest BCUT2D eigenvalue weighted by molar-refractivity contribution is -0.160. The number of hydrogen-bond acceptors (Lipinski definition) is 6. The predicted octanol–water partition coefficient (Wildman–Crippen LogP) is 1.50. The molecule has 1 heterocycles. The van der Waals surface area contributed by atoms with Crippen LogP contribution in [0, 0.1) is 0 Å². The lowest BCUT2D eigenvalue weighted by Gasteiger charge is -2.20. The van der Waals surface area contributed by atoms with Crippen LogP contribution in [0.1, 0.15) is 6.42 Å². The number of aromatic nitrogens is 1. The minimum Gasteiger partial charge on any atom is -0.447 e. The molecule has 0 bridgehead atoms. The molecule has 0 radical (unpaired) electrons. The van der Waals surface area contributed by atoms with Crippen molar-refractivity contribution in [1.29, 1.82) is 0 Å². The van der Waals surface area contributed by atoms with Crippen LogP contribution in [0.4, 0.5) is 0 Å². The van der Waals surface area contributed by atoms with E-state index < -0.39 is 6.29 Å².